The fourth-order valence-corrected chi connectivity index (χ4v) is 1.65. The van der Waals surface area contributed by atoms with Gasteiger partial charge in [-0.05, 0) is 50.7 Å². The first kappa shape index (κ1) is 14.1. The molecule has 1 aliphatic heterocycles. The van der Waals surface area contributed by atoms with E-state index in [0.717, 1.165) is 5.56 Å². The summed E-state index contributed by atoms with van der Waals surface area (Å²) in [5.41, 5.74) is 11.9. The number of rotatable bonds is 1. The van der Waals surface area contributed by atoms with Crippen molar-refractivity contribution >= 4 is 0 Å². The molecule has 0 radical (unpaired) electrons. The number of halogens is 1. The topological polar surface area (TPSA) is 55.3 Å². The van der Waals surface area contributed by atoms with Gasteiger partial charge in [-0.1, -0.05) is 12.1 Å². The van der Waals surface area contributed by atoms with Gasteiger partial charge < -0.3 is 16.4 Å². The molecule has 0 saturated carbocycles. The molecule has 1 heterocycles. The summed E-state index contributed by atoms with van der Waals surface area (Å²) in [6, 6.07) is 6.64. The summed E-state index contributed by atoms with van der Waals surface area (Å²) in [5.74, 6) is -0.216. The van der Waals surface area contributed by atoms with Gasteiger partial charge >= 0.3 is 0 Å². The summed E-state index contributed by atoms with van der Waals surface area (Å²) in [6.45, 7) is 2.84. The maximum Gasteiger partial charge on any atom is 0.123 e. The first-order chi connectivity index (χ1) is 8.11. The lowest BCUT2D eigenvalue weighted by atomic mass is 10.1. The molecule has 0 bridgehead atoms. The molecule has 1 fully saturated rings. The molecule has 4 heteroatoms. The van der Waals surface area contributed by atoms with Crippen molar-refractivity contribution < 1.29 is 4.39 Å². The molecule has 0 atom stereocenters. The Bertz CT molecular complexity index is 295. The average molecular weight is 239 g/mol. The van der Waals surface area contributed by atoms with Gasteiger partial charge in [0.2, 0.25) is 0 Å². The van der Waals surface area contributed by atoms with E-state index in [9.17, 15) is 4.39 Å². The van der Waals surface area contributed by atoms with E-state index in [1.54, 1.807) is 12.1 Å². The van der Waals surface area contributed by atoms with Gasteiger partial charge in [-0.15, -0.1) is 0 Å². The molecular formula is C13H22FN3. The van der Waals surface area contributed by atoms with Crippen molar-refractivity contribution in [2.75, 3.05) is 20.1 Å². The Hall–Kier alpha value is -0.970. The molecule has 0 spiro atoms. The third-order valence-electron chi connectivity index (χ3n) is 2.91. The first-order valence-corrected chi connectivity index (χ1v) is 6.00. The van der Waals surface area contributed by atoms with E-state index >= 15 is 0 Å². The van der Waals surface area contributed by atoms with Crippen LogP contribution in [0.2, 0.25) is 0 Å². The highest BCUT2D eigenvalue weighted by molar-refractivity contribution is 5.15. The highest BCUT2D eigenvalue weighted by atomic mass is 19.1. The fourth-order valence-electron chi connectivity index (χ4n) is 1.65. The van der Waals surface area contributed by atoms with Crippen LogP contribution in [0.25, 0.3) is 0 Å². The third kappa shape index (κ3) is 5.77. The van der Waals surface area contributed by atoms with E-state index < -0.39 is 0 Å². The molecule has 1 aliphatic rings. The summed E-state index contributed by atoms with van der Waals surface area (Å²) >= 11 is 0. The van der Waals surface area contributed by atoms with Crippen LogP contribution in [0.15, 0.2) is 24.3 Å². The quantitative estimate of drug-likeness (QED) is 0.777. The van der Waals surface area contributed by atoms with Gasteiger partial charge in [-0.25, -0.2) is 4.39 Å². The lowest BCUT2D eigenvalue weighted by Gasteiger charge is -2.25. The van der Waals surface area contributed by atoms with Gasteiger partial charge in [0, 0.05) is 12.6 Å². The minimum atomic E-state index is -0.216. The van der Waals surface area contributed by atoms with E-state index in [1.807, 2.05) is 0 Å². The molecule has 0 aliphatic carbocycles. The molecule has 1 aromatic rings. The summed E-state index contributed by atoms with van der Waals surface area (Å²) in [6.07, 6.45) is 2.35. The van der Waals surface area contributed by atoms with Crippen LogP contribution < -0.4 is 11.5 Å². The Morgan fingerprint density at radius 1 is 1.24 bits per heavy atom. The van der Waals surface area contributed by atoms with Crippen LogP contribution in [0.4, 0.5) is 4.39 Å². The standard InChI is InChI=1S/C7H8FN.C6H14N2/c8-7-3-1-6(5-9)2-4-7;1-8-4-2-6(7)3-5-8/h1-4H,5,9H2;6H,2-5,7H2,1H3. The van der Waals surface area contributed by atoms with Crippen molar-refractivity contribution in [3.8, 4) is 0 Å². The van der Waals surface area contributed by atoms with Crippen molar-refractivity contribution in [2.45, 2.75) is 25.4 Å². The zero-order valence-corrected chi connectivity index (χ0v) is 10.4. The zero-order valence-electron chi connectivity index (χ0n) is 10.4. The van der Waals surface area contributed by atoms with Crippen LogP contribution in [0.5, 0.6) is 0 Å². The van der Waals surface area contributed by atoms with E-state index in [4.69, 9.17) is 11.5 Å². The highest BCUT2D eigenvalue weighted by Crippen LogP contribution is 2.04. The normalized spacial score (nSPS) is 17.4. The Labute approximate surface area is 103 Å². The number of piperidine rings is 1. The number of likely N-dealkylation sites (tertiary alicyclic amines) is 1. The Balaban J connectivity index is 0.000000171. The zero-order chi connectivity index (χ0) is 12.7. The van der Waals surface area contributed by atoms with Crippen LogP contribution in [0, 0.1) is 5.82 Å². The van der Waals surface area contributed by atoms with Crippen LogP contribution in [0.3, 0.4) is 0 Å². The molecular weight excluding hydrogens is 217 g/mol. The molecule has 1 aromatic carbocycles. The van der Waals surface area contributed by atoms with Crippen molar-refractivity contribution in [3.05, 3.63) is 35.6 Å². The number of hydrogen-bond donors (Lipinski definition) is 2. The first-order valence-electron chi connectivity index (χ1n) is 6.00. The summed E-state index contributed by atoms with van der Waals surface area (Å²) in [4.78, 5) is 2.32. The molecule has 96 valence electrons. The van der Waals surface area contributed by atoms with Gasteiger partial charge in [0.1, 0.15) is 5.82 Å². The van der Waals surface area contributed by atoms with Gasteiger partial charge in [0.05, 0.1) is 0 Å². The lowest BCUT2D eigenvalue weighted by molar-refractivity contribution is 0.256. The summed E-state index contributed by atoms with van der Waals surface area (Å²) < 4.78 is 12.2. The lowest BCUT2D eigenvalue weighted by Crippen LogP contribution is -2.37. The van der Waals surface area contributed by atoms with Gasteiger partial charge in [0.15, 0.2) is 0 Å². The summed E-state index contributed by atoms with van der Waals surface area (Å²) in [5, 5.41) is 0. The van der Waals surface area contributed by atoms with Crippen molar-refractivity contribution in [1.29, 1.82) is 0 Å². The second-order valence-electron chi connectivity index (χ2n) is 4.47. The third-order valence-corrected chi connectivity index (χ3v) is 2.91. The molecule has 4 N–H and O–H groups in total. The van der Waals surface area contributed by atoms with Crippen molar-refractivity contribution in [1.82, 2.24) is 4.90 Å². The smallest absolute Gasteiger partial charge is 0.123 e. The predicted molar refractivity (Wildman–Crippen MR) is 69.0 cm³/mol. The van der Waals surface area contributed by atoms with Gasteiger partial charge in [-0.2, -0.15) is 0 Å². The van der Waals surface area contributed by atoms with Gasteiger partial charge in [0.25, 0.3) is 0 Å². The summed E-state index contributed by atoms with van der Waals surface area (Å²) in [7, 11) is 2.14. The Morgan fingerprint density at radius 2 is 1.76 bits per heavy atom. The number of benzene rings is 1. The highest BCUT2D eigenvalue weighted by Gasteiger charge is 2.11. The van der Waals surface area contributed by atoms with E-state index in [0.29, 0.717) is 12.6 Å². The van der Waals surface area contributed by atoms with Crippen LogP contribution in [-0.4, -0.2) is 31.1 Å². The van der Waals surface area contributed by atoms with Gasteiger partial charge in [-0.3, -0.25) is 0 Å². The molecule has 2 rings (SSSR count). The minimum absolute atomic E-state index is 0.216. The predicted octanol–water partition coefficient (Wildman–Crippen LogP) is 1.32. The largest absolute Gasteiger partial charge is 0.328 e. The second-order valence-corrected chi connectivity index (χ2v) is 4.47. The molecule has 3 nitrogen and oxygen atoms in total. The van der Waals surface area contributed by atoms with E-state index in [2.05, 4.69) is 11.9 Å². The average Bonchev–Trinajstić information content (AvgIpc) is 2.35. The molecule has 1 saturated heterocycles. The fraction of sp³-hybridized carbons (Fsp3) is 0.538. The molecule has 0 unspecified atom stereocenters. The molecule has 0 aromatic heterocycles. The molecule has 0 amide bonds. The maximum absolute atomic E-state index is 12.2. The van der Waals surface area contributed by atoms with Crippen LogP contribution in [0.1, 0.15) is 18.4 Å². The van der Waals surface area contributed by atoms with E-state index in [1.165, 1.54) is 38.1 Å². The number of nitrogens with two attached hydrogens (primary N) is 2. The minimum Gasteiger partial charge on any atom is -0.328 e. The number of nitrogens with zero attached hydrogens (tertiary/aromatic N) is 1. The molecule has 17 heavy (non-hydrogen) atoms. The Kier molecular flexibility index (Phi) is 6.11. The van der Waals surface area contributed by atoms with Crippen LogP contribution >= 0.6 is 0 Å². The van der Waals surface area contributed by atoms with Crippen LogP contribution in [-0.2, 0) is 6.54 Å². The Morgan fingerprint density at radius 3 is 2.18 bits per heavy atom. The van der Waals surface area contributed by atoms with Crippen molar-refractivity contribution in [2.24, 2.45) is 11.5 Å². The maximum atomic E-state index is 12.2. The second kappa shape index (κ2) is 7.37. The number of hydrogen-bond acceptors (Lipinski definition) is 3. The SMILES string of the molecule is CN1CCC(N)CC1.NCc1ccc(F)cc1. The van der Waals surface area contributed by atoms with E-state index in [-0.39, 0.29) is 5.82 Å². The van der Waals surface area contributed by atoms with Crippen molar-refractivity contribution in [3.63, 3.8) is 0 Å². The monoisotopic (exact) mass is 239 g/mol.